The van der Waals surface area contributed by atoms with Gasteiger partial charge in [0.2, 0.25) is 0 Å². The van der Waals surface area contributed by atoms with Gasteiger partial charge in [-0.2, -0.15) is 0 Å². The smallest absolute Gasteiger partial charge is 0.00942 e. The second-order valence-electron chi connectivity index (χ2n) is 5.69. The van der Waals surface area contributed by atoms with Crippen LogP contribution in [0.1, 0.15) is 32.1 Å². The lowest BCUT2D eigenvalue weighted by Crippen LogP contribution is -2.22. The van der Waals surface area contributed by atoms with Crippen LogP contribution in [0, 0.1) is 0 Å². The van der Waals surface area contributed by atoms with Crippen molar-refractivity contribution in [3.8, 4) is 0 Å². The van der Waals surface area contributed by atoms with Crippen LogP contribution in [0.5, 0.6) is 0 Å². The summed E-state index contributed by atoms with van der Waals surface area (Å²) in [6, 6.07) is 22.3. The standard InChI is InChI=1S/C20H23P/c1-2-6-12-18(13-7-3-1)21(19-14-8-4-9-15-19)20-16-10-5-11-17-20/h2,4-6,8-11,14-18H,1,3,7,12-13H2/b6-2-. The first kappa shape index (κ1) is 14.5. The van der Waals surface area contributed by atoms with E-state index >= 15 is 0 Å². The number of allylic oxidation sites excluding steroid dienone is 2. The van der Waals surface area contributed by atoms with Crippen LogP contribution in [0.15, 0.2) is 72.8 Å². The average molecular weight is 294 g/mol. The molecule has 0 aliphatic heterocycles. The van der Waals surface area contributed by atoms with Crippen LogP contribution in [0.4, 0.5) is 0 Å². The van der Waals surface area contributed by atoms with Gasteiger partial charge >= 0.3 is 0 Å². The Bertz CT molecular complexity index is 519. The summed E-state index contributed by atoms with van der Waals surface area (Å²) in [4.78, 5) is 0. The van der Waals surface area contributed by atoms with E-state index in [0.717, 1.165) is 5.66 Å². The van der Waals surface area contributed by atoms with Gasteiger partial charge in [0.05, 0.1) is 0 Å². The van der Waals surface area contributed by atoms with Gasteiger partial charge in [-0.1, -0.05) is 79.2 Å². The number of benzene rings is 2. The van der Waals surface area contributed by atoms with Crippen molar-refractivity contribution in [1.29, 1.82) is 0 Å². The van der Waals surface area contributed by atoms with E-state index in [2.05, 4.69) is 72.8 Å². The number of hydrogen-bond donors (Lipinski definition) is 0. The summed E-state index contributed by atoms with van der Waals surface area (Å²) in [6.45, 7) is 0. The minimum absolute atomic E-state index is 0.249. The van der Waals surface area contributed by atoms with E-state index in [1.54, 1.807) is 0 Å². The molecule has 0 saturated heterocycles. The molecule has 0 saturated carbocycles. The van der Waals surface area contributed by atoms with Crippen LogP contribution in [0.2, 0.25) is 0 Å². The van der Waals surface area contributed by atoms with E-state index < -0.39 is 0 Å². The summed E-state index contributed by atoms with van der Waals surface area (Å²) >= 11 is 0. The van der Waals surface area contributed by atoms with Gasteiger partial charge in [0, 0.05) is 0 Å². The fourth-order valence-electron chi connectivity index (χ4n) is 3.11. The van der Waals surface area contributed by atoms with Crippen LogP contribution in [-0.2, 0) is 0 Å². The molecule has 2 aromatic carbocycles. The normalized spacial score (nSPS) is 20.7. The molecule has 108 valence electrons. The van der Waals surface area contributed by atoms with E-state index in [1.807, 2.05) is 0 Å². The maximum Gasteiger partial charge on any atom is -0.00942 e. The Morgan fingerprint density at radius 3 is 1.95 bits per heavy atom. The van der Waals surface area contributed by atoms with Crippen molar-refractivity contribution in [2.75, 3.05) is 0 Å². The molecule has 0 amide bonds. The molecule has 3 rings (SSSR count). The van der Waals surface area contributed by atoms with Gasteiger partial charge in [0.15, 0.2) is 0 Å². The minimum atomic E-state index is -0.249. The number of rotatable bonds is 3. The van der Waals surface area contributed by atoms with Crippen LogP contribution in [0.3, 0.4) is 0 Å². The zero-order valence-corrected chi connectivity index (χ0v) is 13.4. The Hall–Kier alpha value is -1.39. The van der Waals surface area contributed by atoms with E-state index in [1.165, 1.54) is 42.7 Å². The van der Waals surface area contributed by atoms with Crippen molar-refractivity contribution in [2.45, 2.75) is 37.8 Å². The summed E-state index contributed by atoms with van der Waals surface area (Å²) in [5.74, 6) is 0. The molecule has 0 spiro atoms. The fourth-order valence-corrected chi connectivity index (χ4v) is 6.01. The lowest BCUT2D eigenvalue weighted by Gasteiger charge is -2.29. The molecule has 1 heteroatoms. The minimum Gasteiger partial charge on any atom is -0.0885 e. The summed E-state index contributed by atoms with van der Waals surface area (Å²) in [5, 5.41) is 3.05. The highest BCUT2D eigenvalue weighted by molar-refractivity contribution is 7.73. The van der Waals surface area contributed by atoms with Gasteiger partial charge in [-0.3, -0.25) is 0 Å². The Balaban J connectivity index is 1.95. The first-order valence-corrected chi connectivity index (χ1v) is 9.40. The summed E-state index contributed by atoms with van der Waals surface area (Å²) in [6.07, 6.45) is 11.4. The molecule has 0 bridgehead atoms. The predicted octanol–water partition coefficient (Wildman–Crippen LogP) is 5.01. The number of hydrogen-bond acceptors (Lipinski definition) is 0. The maximum absolute atomic E-state index is 2.42. The molecule has 0 radical (unpaired) electrons. The topological polar surface area (TPSA) is 0 Å². The maximum atomic E-state index is 2.42. The fraction of sp³-hybridized carbons (Fsp3) is 0.300. The second-order valence-corrected chi connectivity index (χ2v) is 8.19. The van der Waals surface area contributed by atoms with Crippen LogP contribution < -0.4 is 10.6 Å². The molecule has 0 nitrogen and oxygen atoms in total. The first-order valence-electron chi connectivity index (χ1n) is 7.99. The van der Waals surface area contributed by atoms with Gasteiger partial charge < -0.3 is 0 Å². The third-order valence-electron chi connectivity index (χ3n) is 4.17. The second kappa shape index (κ2) is 7.57. The molecule has 0 N–H and O–H groups in total. The Labute approximate surface area is 129 Å². The van der Waals surface area contributed by atoms with Crippen molar-refractivity contribution in [2.24, 2.45) is 0 Å². The van der Waals surface area contributed by atoms with Gasteiger partial charge in [0.1, 0.15) is 0 Å². The quantitative estimate of drug-likeness (QED) is 0.551. The van der Waals surface area contributed by atoms with Gasteiger partial charge in [-0.15, -0.1) is 0 Å². The third kappa shape index (κ3) is 3.83. The highest BCUT2D eigenvalue weighted by Gasteiger charge is 2.23. The van der Waals surface area contributed by atoms with Crippen molar-refractivity contribution in [3.05, 3.63) is 72.8 Å². The zero-order chi connectivity index (χ0) is 14.3. The van der Waals surface area contributed by atoms with E-state index in [4.69, 9.17) is 0 Å². The molecule has 1 atom stereocenters. The average Bonchev–Trinajstić information content (AvgIpc) is 2.52. The summed E-state index contributed by atoms with van der Waals surface area (Å²) in [5.41, 5.74) is 0.779. The summed E-state index contributed by atoms with van der Waals surface area (Å²) in [7, 11) is -0.249. The Kier molecular flexibility index (Phi) is 5.24. The summed E-state index contributed by atoms with van der Waals surface area (Å²) < 4.78 is 0. The Morgan fingerprint density at radius 1 is 0.714 bits per heavy atom. The largest absolute Gasteiger partial charge is 0.0885 e. The molecule has 0 fully saturated rings. The zero-order valence-electron chi connectivity index (χ0n) is 12.5. The molecule has 1 aliphatic rings. The highest BCUT2D eigenvalue weighted by Crippen LogP contribution is 2.44. The highest BCUT2D eigenvalue weighted by atomic mass is 31.1. The van der Waals surface area contributed by atoms with Gasteiger partial charge in [0.25, 0.3) is 0 Å². The van der Waals surface area contributed by atoms with Crippen molar-refractivity contribution in [3.63, 3.8) is 0 Å². The van der Waals surface area contributed by atoms with E-state index in [-0.39, 0.29) is 7.92 Å². The first-order chi connectivity index (χ1) is 10.4. The Morgan fingerprint density at radius 2 is 1.33 bits per heavy atom. The monoisotopic (exact) mass is 294 g/mol. The van der Waals surface area contributed by atoms with E-state index in [9.17, 15) is 0 Å². The third-order valence-corrected chi connectivity index (χ3v) is 7.08. The van der Waals surface area contributed by atoms with E-state index in [0.29, 0.717) is 0 Å². The molecule has 2 aromatic rings. The lowest BCUT2D eigenvalue weighted by molar-refractivity contribution is 0.646. The molecular formula is C20H23P. The van der Waals surface area contributed by atoms with Crippen LogP contribution in [0.25, 0.3) is 0 Å². The molecule has 0 aromatic heterocycles. The van der Waals surface area contributed by atoms with Crippen molar-refractivity contribution >= 4 is 18.5 Å². The van der Waals surface area contributed by atoms with Crippen LogP contribution >= 0.6 is 7.92 Å². The van der Waals surface area contributed by atoms with Crippen LogP contribution in [-0.4, -0.2) is 5.66 Å². The van der Waals surface area contributed by atoms with Crippen molar-refractivity contribution in [1.82, 2.24) is 0 Å². The lowest BCUT2D eigenvalue weighted by atomic mass is 10.1. The van der Waals surface area contributed by atoms with Gasteiger partial charge in [-0.25, -0.2) is 0 Å². The molecule has 1 unspecified atom stereocenters. The SMILES string of the molecule is C1=C\CC(P(c2ccccc2)c2ccccc2)CCCC/1. The predicted molar refractivity (Wildman–Crippen MR) is 95.1 cm³/mol. The molecule has 0 heterocycles. The van der Waals surface area contributed by atoms with Crippen molar-refractivity contribution < 1.29 is 0 Å². The van der Waals surface area contributed by atoms with Gasteiger partial charge in [-0.05, 0) is 49.9 Å². The molecule has 21 heavy (non-hydrogen) atoms. The molecule has 1 aliphatic carbocycles. The molecular weight excluding hydrogens is 271 g/mol.